The molecule has 1 aliphatic heterocycles. The number of methoxy groups -OCH3 is 2. The molecule has 116 valence electrons. The van der Waals surface area contributed by atoms with E-state index in [1.54, 1.807) is 26.4 Å². The SMILES string of the molecule is COc1ccc(OC)c(C(=O)C(C)(C)C2CCCNC2)c1. The predicted octanol–water partition coefficient (Wildman–Crippen LogP) is 2.91. The number of ketones is 1. The van der Waals surface area contributed by atoms with Gasteiger partial charge in [-0.2, -0.15) is 0 Å². The van der Waals surface area contributed by atoms with E-state index in [4.69, 9.17) is 9.47 Å². The smallest absolute Gasteiger partial charge is 0.172 e. The molecule has 0 spiro atoms. The van der Waals surface area contributed by atoms with Crippen LogP contribution in [0.4, 0.5) is 0 Å². The summed E-state index contributed by atoms with van der Waals surface area (Å²) in [5.74, 6) is 1.75. The lowest BCUT2D eigenvalue weighted by molar-refractivity contribution is 0.0704. The molecule has 2 rings (SSSR count). The van der Waals surface area contributed by atoms with Crippen molar-refractivity contribution in [1.82, 2.24) is 5.32 Å². The monoisotopic (exact) mass is 291 g/mol. The highest BCUT2D eigenvalue weighted by atomic mass is 16.5. The molecule has 1 aromatic carbocycles. The van der Waals surface area contributed by atoms with Gasteiger partial charge >= 0.3 is 0 Å². The second kappa shape index (κ2) is 6.48. The summed E-state index contributed by atoms with van der Waals surface area (Å²) < 4.78 is 10.6. The largest absolute Gasteiger partial charge is 0.497 e. The number of hydrogen-bond acceptors (Lipinski definition) is 4. The van der Waals surface area contributed by atoms with Gasteiger partial charge in [-0.1, -0.05) is 13.8 Å². The van der Waals surface area contributed by atoms with Crippen LogP contribution in [0.5, 0.6) is 11.5 Å². The van der Waals surface area contributed by atoms with Crippen molar-refractivity contribution in [2.24, 2.45) is 11.3 Å². The molecule has 4 nitrogen and oxygen atoms in total. The number of nitrogens with one attached hydrogen (secondary N) is 1. The molecule has 1 aromatic rings. The minimum atomic E-state index is -0.424. The highest BCUT2D eigenvalue weighted by Crippen LogP contribution is 2.38. The standard InChI is InChI=1S/C17H25NO3/c1-17(2,12-6-5-9-18-11-12)16(19)14-10-13(20-3)7-8-15(14)21-4/h7-8,10,12,18H,5-6,9,11H2,1-4H3. The first-order valence-electron chi connectivity index (χ1n) is 7.48. The first-order chi connectivity index (χ1) is 10.0. The first kappa shape index (κ1) is 15.8. The minimum Gasteiger partial charge on any atom is -0.497 e. The highest BCUT2D eigenvalue weighted by Gasteiger charge is 2.38. The minimum absolute atomic E-state index is 0.118. The average Bonchev–Trinajstić information content (AvgIpc) is 2.54. The molecule has 21 heavy (non-hydrogen) atoms. The lowest BCUT2D eigenvalue weighted by atomic mass is 9.70. The molecule has 1 saturated heterocycles. The number of ether oxygens (including phenoxy) is 2. The van der Waals surface area contributed by atoms with Gasteiger partial charge in [-0.25, -0.2) is 0 Å². The van der Waals surface area contributed by atoms with Crippen LogP contribution in [0.25, 0.3) is 0 Å². The fourth-order valence-corrected chi connectivity index (χ4v) is 2.99. The van der Waals surface area contributed by atoms with Gasteiger partial charge in [-0.15, -0.1) is 0 Å². The van der Waals surface area contributed by atoms with Gasteiger partial charge in [-0.05, 0) is 50.0 Å². The van der Waals surface area contributed by atoms with Crippen molar-refractivity contribution in [2.45, 2.75) is 26.7 Å². The van der Waals surface area contributed by atoms with Gasteiger partial charge in [0.05, 0.1) is 19.8 Å². The van der Waals surface area contributed by atoms with Gasteiger partial charge in [0, 0.05) is 5.41 Å². The molecule has 1 heterocycles. The molecule has 1 atom stereocenters. The molecule has 0 aliphatic carbocycles. The van der Waals surface area contributed by atoms with Crippen LogP contribution in [0, 0.1) is 11.3 Å². The van der Waals surface area contributed by atoms with E-state index in [1.807, 2.05) is 19.9 Å². The molecule has 1 aliphatic rings. The summed E-state index contributed by atoms with van der Waals surface area (Å²) in [7, 11) is 3.19. The van der Waals surface area contributed by atoms with Gasteiger partial charge in [0.25, 0.3) is 0 Å². The number of rotatable bonds is 5. The van der Waals surface area contributed by atoms with E-state index in [1.165, 1.54) is 0 Å². The summed E-state index contributed by atoms with van der Waals surface area (Å²) in [6.07, 6.45) is 2.20. The fraction of sp³-hybridized carbons (Fsp3) is 0.588. The van der Waals surface area contributed by atoms with Crippen LogP contribution in [-0.2, 0) is 0 Å². The Bertz CT molecular complexity index is 505. The molecular weight excluding hydrogens is 266 g/mol. The van der Waals surface area contributed by atoms with E-state index in [-0.39, 0.29) is 5.78 Å². The van der Waals surface area contributed by atoms with E-state index in [2.05, 4.69) is 5.32 Å². The second-order valence-electron chi connectivity index (χ2n) is 6.16. The molecule has 1 unspecified atom stereocenters. The van der Waals surface area contributed by atoms with Crippen LogP contribution in [0.15, 0.2) is 18.2 Å². The van der Waals surface area contributed by atoms with E-state index in [0.717, 1.165) is 25.9 Å². The molecular formula is C17H25NO3. The number of carbonyl (C=O) groups excluding carboxylic acids is 1. The summed E-state index contributed by atoms with van der Waals surface area (Å²) in [5, 5.41) is 3.39. The van der Waals surface area contributed by atoms with Crippen LogP contribution in [0.3, 0.4) is 0 Å². The lowest BCUT2D eigenvalue weighted by Crippen LogP contribution is -2.42. The van der Waals surface area contributed by atoms with Gasteiger partial charge in [0.1, 0.15) is 11.5 Å². The molecule has 0 radical (unpaired) electrons. The van der Waals surface area contributed by atoms with E-state index >= 15 is 0 Å². The first-order valence-corrected chi connectivity index (χ1v) is 7.48. The zero-order valence-electron chi connectivity index (χ0n) is 13.4. The number of piperidine rings is 1. The van der Waals surface area contributed by atoms with Crippen molar-refractivity contribution < 1.29 is 14.3 Å². The van der Waals surface area contributed by atoms with Crippen LogP contribution >= 0.6 is 0 Å². The lowest BCUT2D eigenvalue weighted by Gasteiger charge is -2.36. The summed E-state index contributed by atoms with van der Waals surface area (Å²) in [6.45, 7) is 6.01. The predicted molar refractivity (Wildman–Crippen MR) is 83.3 cm³/mol. The summed E-state index contributed by atoms with van der Waals surface area (Å²) in [4.78, 5) is 13.1. The summed E-state index contributed by atoms with van der Waals surface area (Å²) in [6, 6.07) is 5.38. The zero-order chi connectivity index (χ0) is 15.5. The molecule has 0 aromatic heterocycles. The number of benzene rings is 1. The van der Waals surface area contributed by atoms with Crippen LogP contribution in [0.1, 0.15) is 37.0 Å². The maximum atomic E-state index is 13.1. The molecule has 1 N–H and O–H groups in total. The van der Waals surface area contributed by atoms with Crippen LogP contribution in [-0.4, -0.2) is 33.1 Å². The van der Waals surface area contributed by atoms with Gasteiger partial charge in [0.2, 0.25) is 0 Å². The third-order valence-electron chi connectivity index (χ3n) is 4.55. The number of Topliss-reactive ketones (excluding diaryl/α,β-unsaturated/α-hetero) is 1. The maximum Gasteiger partial charge on any atom is 0.172 e. The van der Waals surface area contributed by atoms with Gasteiger partial charge < -0.3 is 14.8 Å². The van der Waals surface area contributed by atoms with Crippen molar-refractivity contribution in [1.29, 1.82) is 0 Å². The Hall–Kier alpha value is -1.55. The fourth-order valence-electron chi connectivity index (χ4n) is 2.99. The normalized spacial score (nSPS) is 19.1. The summed E-state index contributed by atoms with van der Waals surface area (Å²) in [5.41, 5.74) is 0.181. The van der Waals surface area contributed by atoms with Crippen LogP contribution < -0.4 is 14.8 Å². The number of carbonyl (C=O) groups is 1. The quantitative estimate of drug-likeness (QED) is 0.847. The molecule has 0 amide bonds. The number of hydrogen-bond donors (Lipinski definition) is 1. The second-order valence-corrected chi connectivity index (χ2v) is 6.16. The highest BCUT2D eigenvalue weighted by molar-refractivity contribution is 6.03. The van der Waals surface area contributed by atoms with E-state index < -0.39 is 5.41 Å². The van der Waals surface area contributed by atoms with Gasteiger partial charge in [-0.3, -0.25) is 4.79 Å². The van der Waals surface area contributed by atoms with E-state index in [9.17, 15) is 4.79 Å². The van der Waals surface area contributed by atoms with Crippen molar-refractivity contribution in [3.05, 3.63) is 23.8 Å². The van der Waals surface area contributed by atoms with Crippen molar-refractivity contribution >= 4 is 5.78 Å². The Balaban J connectivity index is 2.33. The zero-order valence-corrected chi connectivity index (χ0v) is 13.4. The Morgan fingerprint density at radius 3 is 2.62 bits per heavy atom. The molecule has 1 fully saturated rings. The molecule has 0 bridgehead atoms. The van der Waals surface area contributed by atoms with E-state index in [0.29, 0.717) is 23.0 Å². The van der Waals surface area contributed by atoms with Crippen molar-refractivity contribution in [2.75, 3.05) is 27.3 Å². The maximum absolute atomic E-state index is 13.1. The summed E-state index contributed by atoms with van der Waals surface area (Å²) >= 11 is 0. The Morgan fingerprint density at radius 2 is 2.05 bits per heavy atom. The Labute approximate surface area is 126 Å². The molecule has 0 saturated carbocycles. The average molecular weight is 291 g/mol. The topological polar surface area (TPSA) is 47.6 Å². The van der Waals surface area contributed by atoms with Crippen molar-refractivity contribution in [3.8, 4) is 11.5 Å². The van der Waals surface area contributed by atoms with Gasteiger partial charge in [0.15, 0.2) is 5.78 Å². The van der Waals surface area contributed by atoms with Crippen LogP contribution in [0.2, 0.25) is 0 Å². The Kier molecular flexibility index (Phi) is 4.88. The van der Waals surface area contributed by atoms with Crippen molar-refractivity contribution in [3.63, 3.8) is 0 Å². The Morgan fingerprint density at radius 1 is 1.29 bits per heavy atom. The third-order valence-corrected chi connectivity index (χ3v) is 4.55. The molecule has 4 heteroatoms. The third kappa shape index (κ3) is 3.21.